The Kier molecular flexibility index (Phi) is 4.54. The fourth-order valence-electron chi connectivity index (χ4n) is 2.31. The summed E-state index contributed by atoms with van der Waals surface area (Å²) < 4.78 is 6.79. The van der Waals surface area contributed by atoms with Crippen LogP contribution in [-0.4, -0.2) is 16.2 Å². The van der Waals surface area contributed by atoms with Crippen LogP contribution >= 0.6 is 22.9 Å². The van der Waals surface area contributed by atoms with E-state index in [1.165, 1.54) is 15.9 Å². The van der Waals surface area contributed by atoms with Crippen LogP contribution < -0.4 is 16.0 Å². The molecule has 0 atom stereocenters. The summed E-state index contributed by atoms with van der Waals surface area (Å²) in [4.78, 5) is 28.8. The molecule has 0 aliphatic carbocycles. The highest BCUT2D eigenvalue weighted by molar-refractivity contribution is 7.18. The van der Waals surface area contributed by atoms with Gasteiger partial charge in [0.1, 0.15) is 10.6 Å². The molecule has 5 nitrogen and oxygen atoms in total. The number of nitrogens with one attached hydrogen (secondary N) is 1. The lowest BCUT2D eigenvalue weighted by Gasteiger charge is -2.07. The second kappa shape index (κ2) is 6.60. The van der Waals surface area contributed by atoms with Crippen LogP contribution in [0.2, 0.25) is 5.02 Å². The van der Waals surface area contributed by atoms with Crippen molar-refractivity contribution in [3.63, 3.8) is 0 Å². The van der Waals surface area contributed by atoms with E-state index in [0.717, 1.165) is 4.88 Å². The summed E-state index contributed by atoms with van der Waals surface area (Å²) in [7, 11) is 0. The molecule has 0 saturated carbocycles. The minimum Gasteiger partial charge on any atom is -0.494 e. The third-order valence-corrected chi connectivity index (χ3v) is 4.62. The first kappa shape index (κ1) is 15.8. The lowest BCUT2D eigenvalue weighted by molar-refractivity contribution is 0.300. The highest BCUT2D eigenvalue weighted by Crippen LogP contribution is 2.18. The molecule has 2 heterocycles. The molecule has 0 saturated heterocycles. The van der Waals surface area contributed by atoms with Crippen LogP contribution in [0.4, 0.5) is 0 Å². The van der Waals surface area contributed by atoms with Gasteiger partial charge in [-0.25, -0.2) is 4.79 Å². The van der Waals surface area contributed by atoms with Gasteiger partial charge >= 0.3 is 5.69 Å². The van der Waals surface area contributed by atoms with Crippen molar-refractivity contribution >= 4 is 33.2 Å². The fraction of sp³-hybridized carbons (Fsp3) is 0.250. The Morgan fingerprint density at radius 1 is 1.26 bits per heavy atom. The number of rotatable bonds is 5. The Bertz CT molecular complexity index is 941. The van der Waals surface area contributed by atoms with Crippen LogP contribution in [0.5, 0.6) is 5.75 Å². The fourth-order valence-corrected chi connectivity index (χ4v) is 3.33. The molecule has 1 N–H and O–H groups in total. The number of aromatic nitrogens is 2. The molecule has 2 aromatic heterocycles. The van der Waals surface area contributed by atoms with E-state index in [2.05, 4.69) is 4.98 Å². The molecule has 0 radical (unpaired) electrons. The van der Waals surface area contributed by atoms with Crippen molar-refractivity contribution in [2.45, 2.75) is 19.9 Å². The van der Waals surface area contributed by atoms with Gasteiger partial charge in [0, 0.05) is 16.4 Å². The summed E-state index contributed by atoms with van der Waals surface area (Å²) in [6.45, 7) is 2.63. The summed E-state index contributed by atoms with van der Waals surface area (Å²) in [5.74, 6) is 0.708. The van der Waals surface area contributed by atoms with Crippen molar-refractivity contribution in [3.8, 4) is 5.75 Å². The Morgan fingerprint density at radius 2 is 2.00 bits per heavy atom. The third kappa shape index (κ3) is 3.48. The SMILES string of the molecule is Cc1cc2c(=O)n(CCCOc3ccc(Cl)cc3)c(=O)[nH]c2s1. The molecular formula is C16H15ClN2O3S. The van der Waals surface area contributed by atoms with Gasteiger partial charge in [-0.1, -0.05) is 11.6 Å². The Morgan fingerprint density at radius 3 is 2.74 bits per heavy atom. The van der Waals surface area contributed by atoms with Gasteiger partial charge in [0.2, 0.25) is 0 Å². The van der Waals surface area contributed by atoms with E-state index in [9.17, 15) is 9.59 Å². The molecule has 0 aliphatic heterocycles. The van der Waals surface area contributed by atoms with Gasteiger partial charge in [0.25, 0.3) is 5.56 Å². The van der Waals surface area contributed by atoms with Crippen LogP contribution in [0.25, 0.3) is 10.2 Å². The average molecular weight is 351 g/mol. The number of H-pyrrole nitrogens is 1. The molecule has 0 bridgehead atoms. The van der Waals surface area contributed by atoms with Crippen molar-refractivity contribution < 1.29 is 4.74 Å². The van der Waals surface area contributed by atoms with Gasteiger partial charge < -0.3 is 4.74 Å². The summed E-state index contributed by atoms with van der Waals surface area (Å²) in [6.07, 6.45) is 0.556. The van der Waals surface area contributed by atoms with Gasteiger partial charge in [-0.15, -0.1) is 11.3 Å². The Labute approximate surface area is 141 Å². The number of hydrogen-bond acceptors (Lipinski definition) is 4. The van der Waals surface area contributed by atoms with Crippen LogP contribution in [0.3, 0.4) is 0 Å². The summed E-state index contributed by atoms with van der Waals surface area (Å²) in [6, 6.07) is 8.86. The number of ether oxygens (including phenoxy) is 1. The zero-order valence-corrected chi connectivity index (χ0v) is 14.0. The molecular weight excluding hydrogens is 336 g/mol. The van der Waals surface area contributed by atoms with E-state index < -0.39 is 0 Å². The number of benzene rings is 1. The molecule has 3 aromatic rings. The highest BCUT2D eigenvalue weighted by Gasteiger charge is 2.09. The predicted octanol–water partition coefficient (Wildman–Crippen LogP) is 3.18. The van der Waals surface area contributed by atoms with Gasteiger partial charge in [-0.05, 0) is 43.7 Å². The zero-order valence-electron chi connectivity index (χ0n) is 12.5. The first-order valence-corrected chi connectivity index (χ1v) is 8.35. The van der Waals surface area contributed by atoms with Crippen molar-refractivity contribution in [3.05, 3.63) is 61.1 Å². The minimum atomic E-state index is -0.379. The quantitative estimate of drug-likeness (QED) is 0.719. The largest absolute Gasteiger partial charge is 0.494 e. The zero-order chi connectivity index (χ0) is 16.4. The lowest BCUT2D eigenvalue weighted by atomic mass is 10.3. The van der Waals surface area contributed by atoms with E-state index in [1.807, 2.05) is 6.92 Å². The van der Waals surface area contributed by atoms with Crippen molar-refractivity contribution in [1.29, 1.82) is 0 Å². The predicted molar refractivity (Wildman–Crippen MR) is 93.0 cm³/mol. The monoisotopic (exact) mass is 350 g/mol. The lowest BCUT2D eigenvalue weighted by Crippen LogP contribution is -2.35. The summed E-state index contributed by atoms with van der Waals surface area (Å²) in [5.41, 5.74) is -0.629. The van der Waals surface area contributed by atoms with Crippen LogP contribution in [0, 0.1) is 6.92 Å². The molecule has 23 heavy (non-hydrogen) atoms. The van der Waals surface area contributed by atoms with Gasteiger partial charge in [0.15, 0.2) is 0 Å². The maximum absolute atomic E-state index is 12.4. The van der Waals surface area contributed by atoms with Gasteiger partial charge in [-0.2, -0.15) is 0 Å². The Hall–Kier alpha value is -2.05. The van der Waals surface area contributed by atoms with Gasteiger partial charge in [-0.3, -0.25) is 14.3 Å². The smallest absolute Gasteiger partial charge is 0.329 e. The second-order valence-corrected chi connectivity index (χ2v) is 6.84. The standard InChI is InChI=1S/C16H15ClN2O3S/c1-10-9-13-14(23-10)18-16(21)19(15(13)20)7-2-8-22-12-5-3-11(17)4-6-12/h3-6,9H,2,7-8H2,1H3,(H,18,21). The van der Waals surface area contributed by atoms with E-state index in [0.29, 0.717) is 40.6 Å². The molecule has 0 fully saturated rings. The number of fused-ring (bicyclic) bond motifs is 1. The number of nitrogens with zero attached hydrogens (tertiary/aromatic N) is 1. The number of thiophene rings is 1. The maximum atomic E-state index is 12.4. The molecule has 0 spiro atoms. The van der Waals surface area contributed by atoms with Crippen molar-refractivity contribution in [1.82, 2.24) is 9.55 Å². The van der Waals surface area contributed by atoms with Gasteiger partial charge in [0.05, 0.1) is 12.0 Å². The second-order valence-electron chi connectivity index (χ2n) is 5.14. The third-order valence-electron chi connectivity index (χ3n) is 3.40. The number of aryl methyl sites for hydroxylation is 1. The van der Waals surface area contributed by atoms with E-state index in [4.69, 9.17) is 16.3 Å². The molecule has 0 unspecified atom stereocenters. The van der Waals surface area contributed by atoms with E-state index >= 15 is 0 Å². The molecule has 1 aromatic carbocycles. The summed E-state index contributed by atoms with van der Waals surface area (Å²) in [5, 5.41) is 1.21. The number of aromatic amines is 1. The topological polar surface area (TPSA) is 64.1 Å². The molecule has 0 aliphatic rings. The highest BCUT2D eigenvalue weighted by atomic mass is 35.5. The average Bonchev–Trinajstić information content (AvgIpc) is 2.88. The van der Waals surface area contributed by atoms with Crippen molar-refractivity contribution in [2.24, 2.45) is 0 Å². The minimum absolute atomic E-state index is 0.250. The maximum Gasteiger partial charge on any atom is 0.329 e. The molecule has 120 valence electrons. The first-order valence-electron chi connectivity index (χ1n) is 7.16. The molecule has 3 rings (SSSR count). The van der Waals surface area contributed by atoms with Crippen LogP contribution in [0.15, 0.2) is 39.9 Å². The number of hydrogen-bond donors (Lipinski definition) is 1. The van der Waals surface area contributed by atoms with E-state index in [1.54, 1.807) is 30.3 Å². The Balaban J connectivity index is 1.68. The number of halogens is 1. The van der Waals surface area contributed by atoms with Crippen molar-refractivity contribution in [2.75, 3.05) is 6.61 Å². The summed E-state index contributed by atoms with van der Waals surface area (Å²) >= 11 is 7.22. The normalized spacial score (nSPS) is 11.0. The first-order chi connectivity index (χ1) is 11.0. The van der Waals surface area contributed by atoms with Crippen LogP contribution in [0.1, 0.15) is 11.3 Å². The van der Waals surface area contributed by atoms with Crippen LogP contribution in [-0.2, 0) is 6.54 Å². The molecule has 7 heteroatoms. The molecule has 0 amide bonds. The van der Waals surface area contributed by atoms with E-state index in [-0.39, 0.29) is 11.2 Å².